The summed E-state index contributed by atoms with van der Waals surface area (Å²) in [6.45, 7) is 3.49. The van der Waals surface area contributed by atoms with Crippen LogP contribution < -0.4 is 4.72 Å². The lowest BCUT2D eigenvalue weighted by atomic mass is 10.2. The van der Waals surface area contributed by atoms with Crippen LogP contribution >= 0.6 is 11.3 Å². The van der Waals surface area contributed by atoms with Crippen molar-refractivity contribution in [1.29, 1.82) is 0 Å². The van der Waals surface area contributed by atoms with Crippen LogP contribution in [0.3, 0.4) is 0 Å². The summed E-state index contributed by atoms with van der Waals surface area (Å²) in [5.41, 5.74) is 1.50. The van der Waals surface area contributed by atoms with Crippen molar-refractivity contribution in [2.24, 2.45) is 0 Å². The number of sulfonamides is 1. The first kappa shape index (κ1) is 12.3. The van der Waals surface area contributed by atoms with Crippen molar-refractivity contribution in [3.8, 4) is 0 Å². The van der Waals surface area contributed by atoms with Crippen LogP contribution in [-0.4, -0.2) is 18.6 Å². The van der Waals surface area contributed by atoms with Crippen LogP contribution in [0, 0.1) is 6.92 Å². The van der Waals surface area contributed by atoms with Crippen molar-refractivity contribution in [2.45, 2.75) is 24.8 Å². The quantitative estimate of drug-likeness (QED) is 0.890. The van der Waals surface area contributed by atoms with Crippen molar-refractivity contribution in [3.05, 3.63) is 34.3 Å². The largest absolute Gasteiger partial charge is 0.281 e. The summed E-state index contributed by atoms with van der Waals surface area (Å²) >= 11 is 1.54. The molecule has 5 nitrogen and oxygen atoms in total. The molecule has 2 rings (SSSR count). The second kappa shape index (κ2) is 4.59. The molecule has 1 atom stereocenters. The van der Waals surface area contributed by atoms with Crippen LogP contribution in [0.1, 0.15) is 24.2 Å². The SMILES string of the molecule is Cc1[nH]ncc1S(=O)(=O)NC(C)c1ccsc1. The lowest BCUT2D eigenvalue weighted by Crippen LogP contribution is -2.26. The van der Waals surface area contributed by atoms with Crippen LogP contribution in [0.25, 0.3) is 0 Å². The van der Waals surface area contributed by atoms with Gasteiger partial charge in [-0.3, -0.25) is 5.10 Å². The average Bonchev–Trinajstić information content (AvgIpc) is 2.85. The van der Waals surface area contributed by atoms with Gasteiger partial charge in [0.05, 0.1) is 11.9 Å². The number of hydrogen-bond donors (Lipinski definition) is 2. The van der Waals surface area contributed by atoms with Gasteiger partial charge in [0.25, 0.3) is 0 Å². The Bertz CT molecular complexity index is 587. The molecule has 0 aliphatic heterocycles. The topological polar surface area (TPSA) is 74.8 Å². The van der Waals surface area contributed by atoms with Gasteiger partial charge in [0.2, 0.25) is 10.0 Å². The summed E-state index contributed by atoms with van der Waals surface area (Å²) in [5, 5.41) is 10.2. The summed E-state index contributed by atoms with van der Waals surface area (Å²) in [7, 11) is -3.51. The fraction of sp³-hybridized carbons (Fsp3) is 0.300. The van der Waals surface area contributed by atoms with Gasteiger partial charge in [0.15, 0.2) is 0 Å². The number of nitrogens with one attached hydrogen (secondary N) is 2. The first-order valence-electron chi connectivity index (χ1n) is 5.05. The molecule has 1 unspecified atom stereocenters. The molecule has 0 saturated heterocycles. The van der Waals surface area contributed by atoms with Crippen molar-refractivity contribution >= 4 is 21.4 Å². The number of H-pyrrole nitrogens is 1. The Morgan fingerprint density at radius 3 is 2.82 bits per heavy atom. The minimum Gasteiger partial charge on any atom is -0.281 e. The highest BCUT2D eigenvalue weighted by Crippen LogP contribution is 2.19. The van der Waals surface area contributed by atoms with Crippen molar-refractivity contribution in [1.82, 2.24) is 14.9 Å². The zero-order valence-corrected chi connectivity index (χ0v) is 11.1. The number of rotatable bonds is 4. The normalized spacial score (nSPS) is 13.8. The molecule has 0 fully saturated rings. The zero-order valence-electron chi connectivity index (χ0n) is 9.47. The van der Waals surface area contributed by atoms with E-state index in [1.165, 1.54) is 6.20 Å². The summed E-state index contributed by atoms with van der Waals surface area (Å²) in [5.74, 6) is 0. The standard InChI is InChI=1S/C10H13N3O2S2/c1-7(9-3-4-16-6-9)13-17(14,15)10-5-11-12-8(10)2/h3-7,13H,1-2H3,(H,11,12). The first-order chi connectivity index (χ1) is 8.00. The lowest BCUT2D eigenvalue weighted by molar-refractivity contribution is 0.566. The van der Waals surface area contributed by atoms with E-state index in [9.17, 15) is 8.42 Å². The van der Waals surface area contributed by atoms with Crippen molar-refractivity contribution in [2.75, 3.05) is 0 Å². The Morgan fingerprint density at radius 1 is 1.53 bits per heavy atom. The maximum absolute atomic E-state index is 12.1. The van der Waals surface area contributed by atoms with E-state index >= 15 is 0 Å². The number of nitrogens with zero attached hydrogens (tertiary/aromatic N) is 1. The molecule has 2 aromatic rings. The Kier molecular flexibility index (Phi) is 3.32. The van der Waals surface area contributed by atoms with Gasteiger partial charge in [-0.25, -0.2) is 13.1 Å². The van der Waals surface area contributed by atoms with E-state index < -0.39 is 10.0 Å². The van der Waals surface area contributed by atoms with Gasteiger partial charge in [-0.1, -0.05) is 0 Å². The molecule has 0 aliphatic rings. The van der Waals surface area contributed by atoms with E-state index in [4.69, 9.17) is 0 Å². The number of aryl methyl sites for hydroxylation is 1. The van der Waals surface area contributed by atoms with E-state index in [0.717, 1.165) is 5.56 Å². The van der Waals surface area contributed by atoms with E-state index in [1.54, 1.807) is 18.3 Å². The minimum absolute atomic E-state index is 0.194. The molecule has 0 saturated carbocycles. The zero-order chi connectivity index (χ0) is 12.5. The summed E-state index contributed by atoms with van der Waals surface area (Å²) in [6, 6.07) is 1.65. The van der Waals surface area contributed by atoms with Crippen molar-refractivity contribution < 1.29 is 8.42 Å². The molecule has 0 bridgehead atoms. The smallest absolute Gasteiger partial charge is 0.244 e. The van der Waals surface area contributed by atoms with Gasteiger partial charge in [0, 0.05) is 6.04 Å². The third-order valence-corrected chi connectivity index (χ3v) is 4.80. The molecule has 7 heteroatoms. The molecular formula is C10H13N3O2S2. The highest BCUT2D eigenvalue weighted by Gasteiger charge is 2.21. The molecule has 0 aromatic carbocycles. The molecule has 92 valence electrons. The Hall–Kier alpha value is -1.18. The highest BCUT2D eigenvalue weighted by atomic mass is 32.2. The van der Waals surface area contributed by atoms with Gasteiger partial charge in [-0.15, -0.1) is 0 Å². The highest BCUT2D eigenvalue weighted by molar-refractivity contribution is 7.89. The number of hydrogen-bond acceptors (Lipinski definition) is 4. The second-order valence-corrected chi connectivity index (χ2v) is 6.22. The third kappa shape index (κ3) is 2.56. The Morgan fingerprint density at radius 2 is 2.29 bits per heavy atom. The third-order valence-electron chi connectivity index (χ3n) is 2.45. The van der Waals surface area contributed by atoms with Gasteiger partial charge in [-0.05, 0) is 36.2 Å². The molecule has 2 heterocycles. The van der Waals surface area contributed by atoms with Crippen molar-refractivity contribution in [3.63, 3.8) is 0 Å². The van der Waals surface area contributed by atoms with Gasteiger partial charge in [-0.2, -0.15) is 16.4 Å². The Labute approximate surface area is 104 Å². The lowest BCUT2D eigenvalue weighted by Gasteiger charge is -2.12. The summed E-state index contributed by atoms with van der Waals surface area (Å²) in [4.78, 5) is 0.194. The summed E-state index contributed by atoms with van der Waals surface area (Å²) < 4.78 is 26.7. The molecule has 0 radical (unpaired) electrons. The first-order valence-corrected chi connectivity index (χ1v) is 7.47. The predicted molar refractivity (Wildman–Crippen MR) is 66.4 cm³/mol. The van der Waals surface area contributed by atoms with E-state index in [1.807, 2.05) is 23.8 Å². The van der Waals surface area contributed by atoms with Crippen LogP contribution in [0.2, 0.25) is 0 Å². The molecule has 0 spiro atoms. The van der Waals surface area contributed by atoms with E-state index in [0.29, 0.717) is 5.69 Å². The van der Waals surface area contributed by atoms with E-state index in [2.05, 4.69) is 14.9 Å². The number of aromatic nitrogens is 2. The van der Waals surface area contributed by atoms with Crippen LogP contribution in [0.4, 0.5) is 0 Å². The molecular weight excluding hydrogens is 258 g/mol. The maximum atomic E-state index is 12.1. The van der Waals surface area contributed by atoms with E-state index in [-0.39, 0.29) is 10.9 Å². The van der Waals surface area contributed by atoms with Gasteiger partial charge < -0.3 is 0 Å². The molecule has 0 aliphatic carbocycles. The maximum Gasteiger partial charge on any atom is 0.244 e. The Balaban J connectivity index is 2.22. The fourth-order valence-corrected chi connectivity index (χ4v) is 3.62. The minimum atomic E-state index is -3.51. The number of thiophene rings is 1. The van der Waals surface area contributed by atoms with Crippen LogP contribution in [-0.2, 0) is 10.0 Å². The van der Waals surface area contributed by atoms with Gasteiger partial charge >= 0.3 is 0 Å². The molecule has 2 N–H and O–H groups in total. The molecule has 17 heavy (non-hydrogen) atoms. The molecule has 0 amide bonds. The van der Waals surface area contributed by atoms with Crippen LogP contribution in [0.15, 0.2) is 27.9 Å². The fourth-order valence-electron chi connectivity index (χ4n) is 1.50. The molecule has 2 aromatic heterocycles. The summed E-state index contributed by atoms with van der Waals surface area (Å²) in [6.07, 6.45) is 1.32. The predicted octanol–water partition coefficient (Wildman–Crippen LogP) is 1.82. The average molecular weight is 271 g/mol. The second-order valence-electron chi connectivity index (χ2n) is 3.76. The number of aromatic amines is 1. The van der Waals surface area contributed by atoms with Gasteiger partial charge in [0.1, 0.15) is 4.90 Å². The van der Waals surface area contributed by atoms with Crippen LogP contribution in [0.5, 0.6) is 0 Å². The monoisotopic (exact) mass is 271 g/mol.